The molecule has 11 N–H and O–H groups in total. The monoisotopic (exact) mass is 964 g/mol. The number of thioether (sulfide) groups is 1. The highest BCUT2D eigenvalue weighted by Crippen LogP contribution is 2.23. The number of likely N-dealkylation sites (tertiary alicyclic amines) is 2. The molecule has 2 saturated heterocycles. The van der Waals surface area contributed by atoms with E-state index in [9.17, 15) is 53.4 Å². The molecule has 1 aromatic rings. The molecule has 67 heavy (non-hydrogen) atoms. The van der Waals surface area contributed by atoms with Crippen molar-refractivity contribution in [2.45, 2.75) is 161 Å². The van der Waals surface area contributed by atoms with Crippen LogP contribution in [0.3, 0.4) is 0 Å². The molecule has 2 aliphatic rings. The van der Waals surface area contributed by atoms with E-state index in [0.717, 1.165) is 0 Å². The normalized spacial score (nSPS) is 19.7. The number of imidazole rings is 1. The number of nitrogens with one attached hydrogen (secondary N) is 7. The summed E-state index contributed by atoms with van der Waals surface area (Å²) in [6.07, 6.45) is 5.35. The Labute approximate surface area is 396 Å². The Hall–Kier alpha value is -5.29. The number of rotatable bonds is 25. The van der Waals surface area contributed by atoms with E-state index in [2.05, 4.69) is 41.9 Å². The van der Waals surface area contributed by atoms with Crippen LogP contribution in [0, 0.1) is 17.8 Å². The van der Waals surface area contributed by atoms with Crippen molar-refractivity contribution in [3.05, 3.63) is 18.2 Å². The molecular weight excluding hydrogens is 891 g/mol. The highest BCUT2D eigenvalue weighted by atomic mass is 32.2. The molecule has 2 aliphatic heterocycles. The summed E-state index contributed by atoms with van der Waals surface area (Å²) in [5, 5.41) is 35.9. The maximum Gasteiger partial charge on any atom is 0.326 e. The summed E-state index contributed by atoms with van der Waals surface area (Å²) < 4.78 is 0. The topological polar surface area (TPSA) is 327 Å². The molecule has 1 aromatic heterocycles. The Kier molecular flexibility index (Phi) is 22.0. The van der Waals surface area contributed by atoms with Gasteiger partial charge < -0.3 is 62.6 Å². The number of carbonyl (C=O) groups excluding carboxylic acids is 8. The Morgan fingerprint density at radius 2 is 1.25 bits per heavy atom. The first-order valence-electron chi connectivity index (χ1n) is 23.0. The van der Waals surface area contributed by atoms with Crippen LogP contribution in [-0.2, 0) is 49.6 Å². The van der Waals surface area contributed by atoms with Crippen LogP contribution in [0.5, 0.6) is 0 Å². The summed E-state index contributed by atoms with van der Waals surface area (Å²) in [5.41, 5.74) is 6.56. The van der Waals surface area contributed by atoms with Crippen LogP contribution in [-0.4, -0.2) is 169 Å². The zero-order valence-electron chi connectivity index (χ0n) is 40.1. The first-order chi connectivity index (χ1) is 31.5. The van der Waals surface area contributed by atoms with Crippen molar-refractivity contribution < 1.29 is 53.4 Å². The molecule has 8 amide bonds. The molecule has 0 saturated carbocycles. The van der Waals surface area contributed by atoms with E-state index in [1.165, 1.54) is 36.2 Å². The molecule has 0 aromatic carbocycles. The van der Waals surface area contributed by atoms with Gasteiger partial charge in [-0.2, -0.15) is 11.8 Å². The number of carbonyl (C=O) groups is 9. The first kappa shape index (κ1) is 56.0. The van der Waals surface area contributed by atoms with Crippen molar-refractivity contribution in [2.75, 3.05) is 25.1 Å². The number of hydrogen-bond donors (Lipinski definition) is 10. The number of aliphatic carboxylic acids is 1. The van der Waals surface area contributed by atoms with Crippen molar-refractivity contribution >= 4 is 65.0 Å². The number of H-pyrrole nitrogens is 1. The molecule has 22 nitrogen and oxygen atoms in total. The molecule has 10 atom stereocenters. The molecule has 376 valence electrons. The number of hydrogen-bond acceptors (Lipinski definition) is 13. The number of amides is 8. The molecule has 2 fully saturated rings. The fourth-order valence-electron chi connectivity index (χ4n) is 8.03. The molecule has 3 heterocycles. The summed E-state index contributed by atoms with van der Waals surface area (Å²) in [5.74, 6) is -6.86. The maximum atomic E-state index is 14.3. The number of carboxylic acids is 1. The Balaban J connectivity index is 1.74. The average Bonchev–Trinajstić information content (AvgIpc) is 4.07. The van der Waals surface area contributed by atoms with Gasteiger partial charge in [0.15, 0.2) is 0 Å². The second kappa shape index (κ2) is 26.3. The molecule has 0 aliphatic carbocycles. The summed E-state index contributed by atoms with van der Waals surface area (Å²) >= 11 is 1.55. The van der Waals surface area contributed by atoms with Crippen LogP contribution in [0.1, 0.15) is 99.6 Å². The molecule has 0 unspecified atom stereocenters. The molecule has 0 radical (unpaired) electrons. The Morgan fingerprint density at radius 3 is 1.75 bits per heavy atom. The minimum Gasteiger partial charge on any atom is -0.480 e. The van der Waals surface area contributed by atoms with Crippen LogP contribution >= 0.6 is 11.8 Å². The molecular formula is C44H73N11O11S. The lowest BCUT2D eigenvalue weighted by molar-refractivity contribution is -0.144. The molecule has 23 heteroatoms. The standard InChI is InChI=1S/C44H73N11O11S/c1-22(2)18-29(50-37(58)28(45)14-17-67-9)42(63)54-15-10-12-31(54)38(59)48-25(7)36(57)49-30(19-27-20-46-21-47-27)43(64)55-16-11-13-32(55)39(60)53-35(26(8)56)41(62)51-33(23(3)4)40(61)52-34(24(5)6)44(65)66/h20-26,28-35,56H,10-19,45H2,1-9H3,(H,46,47)(H,48,59)(H,49,57)(H,50,58)(H,51,62)(H,52,61)(H,53,60)(H,65,66)/t25-,26+,28-,29-,30-,31-,32-,33-,34-,35-/m0/s1. The van der Waals surface area contributed by atoms with Gasteiger partial charge in [0.2, 0.25) is 47.3 Å². The Morgan fingerprint density at radius 1 is 0.731 bits per heavy atom. The largest absolute Gasteiger partial charge is 0.480 e. The second-order valence-electron chi connectivity index (χ2n) is 18.6. The number of aromatic amines is 1. The second-order valence-corrected chi connectivity index (χ2v) is 19.5. The van der Waals surface area contributed by atoms with Crippen LogP contribution in [0.15, 0.2) is 12.5 Å². The van der Waals surface area contributed by atoms with Gasteiger partial charge in [0.1, 0.15) is 48.3 Å². The lowest BCUT2D eigenvalue weighted by Crippen LogP contribution is -2.62. The predicted octanol–water partition coefficient (Wildman–Crippen LogP) is -1.23. The highest BCUT2D eigenvalue weighted by Gasteiger charge is 2.42. The third-order valence-corrected chi connectivity index (χ3v) is 12.5. The van der Waals surface area contributed by atoms with Gasteiger partial charge in [-0.05, 0) is 82.1 Å². The molecule has 0 spiro atoms. The summed E-state index contributed by atoms with van der Waals surface area (Å²) in [7, 11) is 0. The minimum absolute atomic E-state index is 0.0293. The van der Waals surface area contributed by atoms with Gasteiger partial charge in [-0.25, -0.2) is 9.78 Å². The van der Waals surface area contributed by atoms with Crippen LogP contribution in [0.25, 0.3) is 0 Å². The quantitative estimate of drug-likeness (QED) is 0.0549. The van der Waals surface area contributed by atoms with Gasteiger partial charge >= 0.3 is 5.97 Å². The minimum atomic E-state index is -1.58. The van der Waals surface area contributed by atoms with E-state index >= 15 is 0 Å². The van der Waals surface area contributed by atoms with Gasteiger partial charge in [-0.1, -0.05) is 41.5 Å². The van der Waals surface area contributed by atoms with E-state index in [1.54, 1.807) is 39.5 Å². The maximum absolute atomic E-state index is 14.3. The van der Waals surface area contributed by atoms with Crippen LogP contribution in [0.2, 0.25) is 0 Å². The molecule has 3 rings (SSSR count). The van der Waals surface area contributed by atoms with Crippen molar-refractivity contribution in [3.8, 4) is 0 Å². The van der Waals surface area contributed by atoms with E-state index in [0.29, 0.717) is 43.6 Å². The number of aliphatic hydroxyl groups is 1. The van der Waals surface area contributed by atoms with Crippen molar-refractivity contribution in [1.29, 1.82) is 0 Å². The van der Waals surface area contributed by atoms with Crippen molar-refractivity contribution in [1.82, 2.24) is 51.7 Å². The van der Waals surface area contributed by atoms with E-state index in [-0.39, 0.29) is 31.8 Å². The summed E-state index contributed by atoms with van der Waals surface area (Å²) in [6, 6.07) is -10.3. The van der Waals surface area contributed by atoms with E-state index < -0.39 is 126 Å². The Bertz CT molecular complexity index is 1880. The third kappa shape index (κ3) is 16.2. The SMILES string of the molecule is CSCC[C@H](N)C(=O)N[C@@H](CC(C)C)C(=O)N1CCC[C@H]1C(=O)N[C@@H](C)C(=O)N[C@@H](Cc1cnc[nH]1)C(=O)N1CCC[C@H]1C(=O)N[C@H](C(=O)N[C@H](C(=O)N[C@H](C(=O)O)C(C)C)C(C)C)[C@@H](C)O. The van der Waals surface area contributed by atoms with Gasteiger partial charge in [-0.3, -0.25) is 38.4 Å². The molecule has 0 bridgehead atoms. The van der Waals surface area contributed by atoms with Gasteiger partial charge in [0, 0.05) is 31.4 Å². The number of aliphatic hydroxyl groups excluding tert-OH is 1. The zero-order valence-corrected chi connectivity index (χ0v) is 40.9. The number of aromatic nitrogens is 2. The van der Waals surface area contributed by atoms with E-state index in [1.807, 2.05) is 20.1 Å². The number of carboxylic acid groups (broad SMARTS) is 1. The first-order valence-corrected chi connectivity index (χ1v) is 24.4. The van der Waals surface area contributed by atoms with Gasteiger partial charge in [0.05, 0.1) is 18.5 Å². The van der Waals surface area contributed by atoms with Crippen LogP contribution in [0.4, 0.5) is 0 Å². The lowest BCUT2D eigenvalue weighted by Gasteiger charge is -2.32. The number of nitrogens with zero attached hydrogens (tertiary/aromatic N) is 3. The summed E-state index contributed by atoms with van der Waals surface area (Å²) in [6.45, 7) is 13.4. The predicted molar refractivity (Wildman–Crippen MR) is 248 cm³/mol. The van der Waals surface area contributed by atoms with Gasteiger partial charge in [-0.15, -0.1) is 0 Å². The zero-order chi connectivity index (χ0) is 50.3. The van der Waals surface area contributed by atoms with Crippen LogP contribution < -0.4 is 37.6 Å². The lowest BCUT2D eigenvalue weighted by atomic mass is 9.99. The fourth-order valence-corrected chi connectivity index (χ4v) is 8.52. The van der Waals surface area contributed by atoms with Crippen molar-refractivity contribution in [3.63, 3.8) is 0 Å². The fraction of sp³-hybridized carbons (Fsp3) is 0.727. The smallest absolute Gasteiger partial charge is 0.326 e. The summed E-state index contributed by atoms with van der Waals surface area (Å²) in [4.78, 5) is 131. The average molecular weight is 964 g/mol. The third-order valence-electron chi connectivity index (χ3n) is 11.9. The van der Waals surface area contributed by atoms with Crippen molar-refractivity contribution in [2.24, 2.45) is 23.5 Å². The van der Waals surface area contributed by atoms with Gasteiger partial charge in [0.25, 0.3) is 0 Å². The van der Waals surface area contributed by atoms with E-state index in [4.69, 9.17) is 5.73 Å². The number of nitrogens with two attached hydrogens (primary N) is 1. The highest BCUT2D eigenvalue weighted by molar-refractivity contribution is 7.98.